The molecule has 2 fully saturated rings. The SMILES string of the molecule is Cc1ccc(-n2c(C)cc([C@@H]3[C@@H](c4ccccn4)NC(=S)N3c3ccc(N4CCOCC4)cc3)c2C)cc1. The number of anilines is 2. The van der Waals surface area contributed by atoms with E-state index in [4.69, 9.17) is 21.9 Å². The van der Waals surface area contributed by atoms with E-state index in [1.165, 1.54) is 33.9 Å². The molecule has 2 aromatic carbocycles. The number of aryl methyl sites for hydroxylation is 2. The largest absolute Gasteiger partial charge is 0.378 e. The summed E-state index contributed by atoms with van der Waals surface area (Å²) in [6.45, 7) is 9.87. The molecular formula is C31H33N5OS. The number of morpholine rings is 1. The van der Waals surface area contributed by atoms with Crippen molar-refractivity contribution >= 4 is 28.7 Å². The summed E-state index contributed by atoms with van der Waals surface area (Å²) < 4.78 is 7.87. The molecule has 7 heteroatoms. The fourth-order valence-electron chi connectivity index (χ4n) is 5.77. The predicted octanol–water partition coefficient (Wildman–Crippen LogP) is 5.81. The second-order valence-electron chi connectivity index (χ2n) is 10.1. The molecule has 0 unspecified atom stereocenters. The highest BCUT2D eigenvalue weighted by Crippen LogP contribution is 2.44. The minimum Gasteiger partial charge on any atom is -0.378 e. The van der Waals surface area contributed by atoms with Gasteiger partial charge in [0.05, 0.1) is 31.0 Å². The maximum absolute atomic E-state index is 5.98. The number of hydrogen-bond donors (Lipinski definition) is 1. The van der Waals surface area contributed by atoms with Crippen LogP contribution >= 0.6 is 12.2 Å². The molecule has 2 saturated heterocycles. The minimum absolute atomic E-state index is 0.0444. The Morgan fingerprint density at radius 3 is 2.24 bits per heavy atom. The van der Waals surface area contributed by atoms with E-state index in [1.807, 2.05) is 18.3 Å². The molecule has 6 rings (SSSR count). The molecule has 6 nitrogen and oxygen atoms in total. The van der Waals surface area contributed by atoms with Crippen molar-refractivity contribution in [1.82, 2.24) is 14.9 Å². The van der Waals surface area contributed by atoms with Crippen LogP contribution in [0.1, 0.15) is 40.3 Å². The zero-order valence-electron chi connectivity index (χ0n) is 22.1. The summed E-state index contributed by atoms with van der Waals surface area (Å²) in [5, 5.41) is 4.32. The van der Waals surface area contributed by atoms with Crippen molar-refractivity contribution in [2.75, 3.05) is 36.1 Å². The minimum atomic E-state index is -0.0745. The lowest BCUT2D eigenvalue weighted by atomic mass is 9.96. The zero-order chi connectivity index (χ0) is 26.2. The second kappa shape index (κ2) is 10.2. The number of nitrogens with zero attached hydrogens (tertiary/aromatic N) is 4. The van der Waals surface area contributed by atoms with Gasteiger partial charge in [-0.2, -0.15) is 0 Å². The Labute approximate surface area is 229 Å². The first-order valence-electron chi connectivity index (χ1n) is 13.2. The highest BCUT2D eigenvalue weighted by atomic mass is 32.1. The fraction of sp³-hybridized carbons (Fsp3) is 0.290. The first-order valence-corrected chi connectivity index (χ1v) is 13.6. The molecule has 2 aliphatic rings. The molecule has 1 N–H and O–H groups in total. The van der Waals surface area contributed by atoms with Crippen LogP contribution in [0.2, 0.25) is 0 Å². The first kappa shape index (κ1) is 24.6. The van der Waals surface area contributed by atoms with E-state index in [9.17, 15) is 0 Å². The number of nitrogens with one attached hydrogen (secondary N) is 1. The zero-order valence-corrected chi connectivity index (χ0v) is 22.9. The van der Waals surface area contributed by atoms with Crippen LogP contribution < -0.4 is 15.1 Å². The van der Waals surface area contributed by atoms with Crippen LogP contribution in [0, 0.1) is 20.8 Å². The third-order valence-corrected chi connectivity index (χ3v) is 8.00. The lowest BCUT2D eigenvalue weighted by molar-refractivity contribution is 0.122. The molecule has 0 saturated carbocycles. The van der Waals surface area contributed by atoms with E-state index in [-0.39, 0.29) is 12.1 Å². The molecule has 2 aromatic heterocycles. The van der Waals surface area contributed by atoms with Gasteiger partial charge in [0.1, 0.15) is 0 Å². The Kier molecular flexibility index (Phi) is 6.64. The third-order valence-electron chi connectivity index (χ3n) is 7.68. The van der Waals surface area contributed by atoms with E-state index in [0.29, 0.717) is 5.11 Å². The van der Waals surface area contributed by atoms with Crippen molar-refractivity contribution in [3.05, 3.63) is 107 Å². The van der Waals surface area contributed by atoms with E-state index in [0.717, 1.165) is 37.7 Å². The van der Waals surface area contributed by atoms with E-state index < -0.39 is 0 Å². The highest BCUT2D eigenvalue weighted by Gasteiger charge is 2.42. The number of benzene rings is 2. The molecule has 0 radical (unpaired) electrons. The van der Waals surface area contributed by atoms with Gasteiger partial charge in [-0.25, -0.2) is 0 Å². The summed E-state index contributed by atoms with van der Waals surface area (Å²) in [7, 11) is 0. The number of hydrogen-bond acceptors (Lipinski definition) is 4. The smallest absolute Gasteiger partial charge is 0.174 e. The molecule has 38 heavy (non-hydrogen) atoms. The summed E-state index contributed by atoms with van der Waals surface area (Å²) in [5.74, 6) is 0. The van der Waals surface area contributed by atoms with E-state index in [2.05, 4.69) is 101 Å². The van der Waals surface area contributed by atoms with Crippen LogP contribution in [-0.2, 0) is 4.74 Å². The van der Waals surface area contributed by atoms with E-state index >= 15 is 0 Å². The number of ether oxygens (including phenoxy) is 1. The van der Waals surface area contributed by atoms with Crippen molar-refractivity contribution in [3.63, 3.8) is 0 Å². The summed E-state index contributed by atoms with van der Waals surface area (Å²) in [6, 6.07) is 25.7. The number of rotatable bonds is 5. The molecule has 4 aromatic rings. The average Bonchev–Trinajstić information content (AvgIpc) is 3.45. The highest BCUT2D eigenvalue weighted by molar-refractivity contribution is 7.80. The lowest BCUT2D eigenvalue weighted by Gasteiger charge is -2.31. The van der Waals surface area contributed by atoms with Gasteiger partial charge in [-0.15, -0.1) is 0 Å². The molecule has 0 spiro atoms. The van der Waals surface area contributed by atoms with Gasteiger partial charge in [0, 0.05) is 47.7 Å². The normalized spacial score (nSPS) is 19.6. The molecule has 2 atom stereocenters. The van der Waals surface area contributed by atoms with Crippen LogP contribution in [0.3, 0.4) is 0 Å². The van der Waals surface area contributed by atoms with E-state index in [1.54, 1.807) is 0 Å². The van der Waals surface area contributed by atoms with Gasteiger partial charge in [-0.3, -0.25) is 4.98 Å². The van der Waals surface area contributed by atoms with Gasteiger partial charge in [-0.1, -0.05) is 23.8 Å². The topological polar surface area (TPSA) is 45.6 Å². The van der Waals surface area contributed by atoms with Crippen LogP contribution in [0.15, 0.2) is 79.0 Å². The van der Waals surface area contributed by atoms with Crippen molar-refractivity contribution in [3.8, 4) is 5.69 Å². The molecular weight excluding hydrogens is 490 g/mol. The van der Waals surface area contributed by atoms with Gasteiger partial charge in [0.15, 0.2) is 5.11 Å². The predicted molar refractivity (Wildman–Crippen MR) is 157 cm³/mol. The van der Waals surface area contributed by atoms with Crippen LogP contribution in [0.4, 0.5) is 11.4 Å². The second-order valence-corrected chi connectivity index (χ2v) is 10.5. The Morgan fingerprint density at radius 2 is 1.55 bits per heavy atom. The monoisotopic (exact) mass is 523 g/mol. The number of aromatic nitrogens is 2. The third kappa shape index (κ3) is 4.46. The quantitative estimate of drug-likeness (QED) is 0.333. The van der Waals surface area contributed by atoms with Gasteiger partial charge in [0.2, 0.25) is 0 Å². The molecule has 0 amide bonds. The summed E-state index contributed by atoms with van der Waals surface area (Å²) in [4.78, 5) is 9.36. The lowest BCUT2D eigenvalue weighted by Crippen LogP contribution is -2.36. The summed E-state index contributed by atoms with van der Waals surface area (Å²) >= 11 is 5.98. The molecule has 4 heterocycles. The molecule has 0 aliphatic carbocycles. The Morgan fingerprint density at radius 1 is 0.868 bits per heavy atom. The van der Waals surface area contributed by atoms with Crippen LogP contribution in [0.5, 0.6) is 0 Å². The van der Waals surface area contributed by atoms with Gasteiger partial charge in [0.25, 0.3) is 0 Å². The molecule has 0 bridgehead atoms. The Hall–Kier alpha value is -3.68. The summed E-state index contributed by atoms with van der Waals surface area (Å²) in [6.07, 6.45) is 1.85. The van der Waals surface area contributed by atoms with Crippen molar-refractivity contribution in [2.24, 2.45) is 0 Å². The van der Waals surface area contributed by atoms with Crippen molar-refractivity contribution < 1.29 is 4.74 Å². The van der Waals surface area contributed by atoms with Gasteiger partial charge >= 0.3 is 0 Å². The van der Waals surface area contributed by atoms with Crippen molar-refractivity contribution in [1.29, 1.82) is 0 Å². The van der Waals surface area contributed by atoms with Crippen molar-refractivity contribution in [2.45, 2.75) is 32.9 Å². The van der Waals surface area contributed by atoms with Crippen LogP contribution in [-0.4, -0.2) is 41.0 Å². The maximum Gasteiger partial charge on any atom is 0.174 e. The first-order chi connectivity index (χ1) is 18.5. The van der Waals surface area contributed by atoms with Gasteiger partial charge < -0.3 is 24.4 Å². The Balaban J connectivity index is 1.43. The fourth-order valence-corrected chi connectivity index (χ4v) is 6.12. The maximum atomic E-state index is 5.98. The molecule has 2 aliphatic heterocycles. The number of pyridine rings is 1. The number of thiocarbonyl (C=S) groups is 1. The van der Waals surface area contributed by atoms with Gasteiger partial charge in [-0.05, 0) is 93.1 Å². The average molecular weight is 524 g/mol. The summed E-state index contributed by atoms with van der Waals surface area (Å²) in [5.41, 5.74) is 9.33. The molecule has 194 valence electrons. The van der Waals surface area contributed by atoms with Crippen LogP contribution in [0.25, 0.3) is 5.69 Å². The standard InChI is InChI=1S/C31H33N5OS/c1-21-7-9-25(10-8-21)35-22(2)20-27(23(35)3)30-29(28-6-4-5-15-32-28)33-31(38)36(30)26-13-11-24(12-14-26)34-16-18-37-19-17-34/h4-15,20,29-30H,16-19H2,1-3H3,(H,33,38)/t29-,30-/m1/s1. The Bertz CT molecular complexity index is 1430.